The number of hydrogen-bond donors (Lipinski definition) is 3. The summed E-state index contributed by atoms with van der Waals surface area (Å²) in [7, 11) is 0. The first-order valence-corrected chi connectivity index (χ1v) is 8.65. The monoisotopic (exact) mass is 331 g/mol. The molecule has 25 heavy (non-hydrogen) atoms. The fraction of sp³-hybridized carbons (Fsp3) is 0.182. The van der Waals surface area contributed by atoms with E-state index in [1.54, 1.807) is 0 Å². The molecule has 0 heterocycles. The van der Waals surface area contributed by atoms with Gasteiger partial charge in [0.15, 0.2) is 0 Å². The maximum atomic E-state index is 6.21. The standard InChI is InChI=1S/C22H25N3/c1-16(19-9-5-6-17(13-19)15-25-24)12-21-14-20(10-11-22(21)23)18-7-3-2-4-8-18/h3,5-14,25H,2,4,15,23-24H2,1H3/b16-12+. The molecule has 2 aromatic rings. The third kappa shape index (κ3) is 4.27. The Kier molecular flexibility index (Phi) is 5.49. The SMILES string of the molecule is C/C(=C\c1cc(C2=CCCC=C2)ccc1N)c1cccc(CNN)c1. The van der Waals surface area contributed by atoms with E-state index in [4.69, 9.17) is 11.6 Å². The minimum absolute atomic E-state index is 0.652. The van der Waals surface area contributed by atoms with Crippen molar-refractivity contribution in [3.63, 3.8) is 0 Å². The highest BCUT2D eigenvalue weighted by Crippen LogP contribution is 2.27. The Morgan fingerprint density at radius 1 is 1.16 bits per heavy atom. The first kappa shape index (κ1) is 17.2. The van der Waals surface area contributed by atoms with Gasteiger partial charge in [-0.3, -0.25) is 11.3 Å². The molecule has 0 radical (unpaired) electrons. The van der Waals surface area contributed by atoms with Crippen LogP contribution in [0.25, 0.3) is 17.2 Å². The minimum atomic E-state index is 0.652. The van der Waals surface area contributed by atoms with E-state index in [2.05, 4.69) is 73.1 Å². The molecule has 0 bridgehead atoms. The van der Waals surface area contributed by atoms with Crippen molar-refractivity contribution in [3.05, 3.63) is 82.9 Å². The normalized spacial score (nSPS) is 14.5. The van der Waals surface area contributed by atoms with Crippen LogP contribution in [0.5, 0.6) is 0 Å². The lowest BCUT2D eigenvalue weighted by Crippen LogP contribution is -2.20. The zero-order valence-corrected chi connectivity index (χ0v) is 14.6. The molecule has 0 saturated carbocycles. The predicted octanol–water partition coefficient (Wildman–Crippen LogP) is 4.53. The fourth-order valence-electron chi connectivity index (χ4n) is 3.07. The van der Waals surface area contributed by atoms with Gasteiger partial charge in [0.2, 0.25) is 0 Å². The van der Waals surface area contributed by atoms with E-state index in [1.807, 2.05) is 6.07 Å². The van der Waals surface area contributed by atoms with Crippen LogP contribution in [0.3, 0.4) is 0 Å². The molecule has 0 aliphatic heterocycles. The van der Waals surface area contributed by atoms with Gasteiger partial charge in [-0.1, -0.05) is 48.6 Å². The molecule has 1 aliphatic carbocycles. The molecule has 3 rings (SSSR count). The molecule has 2 aromatic carbocycles. The van der Waals surface area contributed by atoms with Crippen molar-refractivity contribution in [3.8, 4) is 0 Å². The van der Waals surface area contributed by atoms with Crippen molar-refractivity contribution in [2.75, 3.05) is 5.73 Å². The van der Waals surface area contributed by atoms with Gasteiger partial charge in [0.25, 0.3) is 0 Å². The van der Waals surface area contributed by atoms with Gasteiger partial charge in [0.05, 0.1) is 0 Å². The summed E-state index contributed by atoms with van der Waals surface area (Å²) in [5, 5.41) is 0. The van der Waals surface area contributed by atoms with Gasteiger partial charge in [-0.25, -0.2) is 0 Å². The Labute approximate surface area is 149 Å². The number of nitrogens with one attached hydrogen (secondary N) is 1. The molecule has 0 spiro atoms. The first-order valence-electron chi connectivity index (χ1n) is 8.65. The van der Waals surface area contributed by atoms with Crippen molar-refractivity contribution in [2.24, 2.45) is 5.84 Å². The van der Waals surface area contributed by atoms with E-state index in [1.165, 1.54) is 22.3 Å². The van der Waals surface area contributed by atoms with Gasteiger partial charge in [-0.05, 0) is 71.4 Å². The zero-order valence-electron chi connectivity index (χ0n) is 14.6. The van der Waals surface area contributed by atoms with Gasteiger partial charge in [-0.2, -0.15) is 0 Å². The second kappa shape index (κ2) is 7.97. The summed E-state index contributed by atoms with van der Waals surface area (Å²) in [5.41, 5.74) is 16.8. The molecule has 0 fully saturated rings. The summed E-state index contributed by atoms with van der Waals surface area (Å²) in [6.45, 7) is 2.76. The highest BCUT2D eigenvalue weighted by molar-refractivity contribution is 5.86. The van der Waals surface area contributed by atoms with Crippen molar-refractivity contribution < 1.29 is 0 Å². The number of nitrogen functional groups attached to an aromatic ring is 1. The molecule has 3 nitrogen and oxygen atoms in total. The molecule has 0 amide bonds. The number of allylic oxidation sites excluding steroid dienone is 5. The van der Waals surface area contributed by atoms with E-state index >= 15 is 0 Å². The number of nitrogens with two attached hydrogens (primary N) is 2. The van der Waals surface area contributed by atoms with Crippen LogP contribution in [0.2, 0.25) is 0 Å². The average molecular weight is 331 g/mol. The van der Waals surface area contributed by atoms with Crippen LogP contribution in [0.15, 0.2) is 60.7 Å². The minimum Gasteiger partial charge on any atom is -0.398 e. The Balaban J connectivity index is 1.93. The summed E-state index contributed by atoms with van der Waals surface area (Å²) in [4.78, 5) is 0. The van der Waals surface area contributed by atoms with E-state index in [9.17, 15) is 0 Å². The number of benzene rings is 2. The molecule has 0 aromatic heterocycles. The van der Waals surface area contributed by atoms with Gasteiger partial charge in [0, 0.05) is 12.2 Å². The third-order valence-corrected chi connectivity index (χ3v) is 4.48. The van der Waals surface area contributed by atoms with Crippen LogP contribution in [0, 0.1) is 0 Å². The highest BCUT2D eigenvalue weighted by Gasteiger charge is 2.06. The quantitative estimate of drug-likeness (QED) is 0.326. The van der Waals surface area contributed by atoms with Gasteiger partial charge < -0.3 is 5.73 Å². The van der Waals surface area contributed by atoms with Gasteiger partial charge >= 0.3 is 0 Å². The van der Waals surface area contributed by atoms with Crippen LogP contribution in [0.1, 0.15) is 42.0 Å². The highest BCUT2D eigenvalue weighted by atomic mass is 15.2. The van der Waals surface area contributed by atoms with Crippen molar-refractivity contribution in [2.45, 2.75) is 26.3 Å². The lowest BCUT2D eigenvalue weighted by molar-refractivity contribution is 0.741. The maximum Gasteiger partial charge on any atom is 0.0388 e. The Morgan fingerprint density at radius 3 is 2.80 bits per heavy atom. The summed E-state index contributed by atoms with van der Waals surface area (Å²) in [6, 6.07) is 14.6. The Hall–Kier alpha value is -2.62. The van der Waals surface area contributed by atoms with Crippen molar-refractivity contribution >= 4 is 22.9 Å². The second-order valence-electron chi connectivity index (χ2n) is 6.39. The topological polar surface area (TPSA) is 64.1 Å². The van der Waals surface area contributed by atoms with Crippen LogP contribution >= 0.6 is 0 Å². The van der Waals surface area contributed by atoms with Crippen molar-refractivity contribution in [1.82, 2.24) is 5.43 Å². The molecule has 5 N–H and O–H groups in total. The van der Waals surface area contributed by atoms with Gasteiger partial charge in [-0.15, -0.1) is 0 Å². The predicted molar refractivity (Wildman–Crippen MR) is 108 cm³/mol. The van der Waals surface area contributed by atoms with Crippen LogP contribution < -0.4 is 17.0 Å². The van der Waals surface area contributed by atoms with Crippen LogP contribution in [0.4, 0.5) is 5.69 Å². The van der Waals surface area contributed by atoms with E-state index < -0.39 is 0 Å². The second-order valence-corrected chi connectivity index (χ2v) is 6.39. The lowest BCUT2D eigenvalue weighted by atomic mass is 9.95. The fourth-order valence-corrected chi connectivity index (χ4v) is 3.07. The van der Waals surface area contributed by atoms with E-state index in [0.717, 1.165) is 29.7 Å². The molecule has 0 unspecified atom stereocenters. The van der Waals surface area contributed by atoms with E-state index in [-0.39, 0.29) is 0 Å². The molecular weight excluding hydrogens is 306 g/mol. The summed E-state index contributed by atoms with van der Waals surface area (Å²) >= 11 is 0. The average Bonchev–Trinajstić information content (AvgIpc) is 2.65. The maximum absolute atomic E-state index is 6.21. The molecule has 0 saturated heterocycles. The Morgan fingerprint density at radius 2 is 2.04 bits per heavy atom. The number of anilines is 1. The summed E-state index contributed by atoms with van der Waals surface area (Å²) in [6.07, 6.45) is 11.1. The summed E-state index contributed by atoms with van der Waals surface area (Å²) in [5.74, 6) is 5.43. The number of hydrogen-bond acceptors (Lipinski definition) is 3. The molecule has 0 atom stereocenters. The number of rotatable bonds is 5. The number of hydrazine groups is 1. The van der Waals surface area contributed by atoms with Crippen LogP contribution in [-0.4, -0.2) is 0 Å². The Bertz CT molecular complexity index is 844. The van der Waals surface area contributed by atoms with E-state index in [0.29, 0.717) is 6.54 Å². The molecule has 3 heteroatoms. The van der Waals surface area contributed by atoms with Crippen molar-refractivity contribution in [1.29, 1.82) is 0 Å². The molecular formula is C22H25N3. The van der Waals surface area contributed by atoms with Crippen LogP contribution in [-0.2, 0) is 6.54 Å². The molecule has 1 aliphatic rings. The molecule has 128 valence electrons. The summed E-state index contributed by atoms with van der Waals surface area (Å²) < 4.78 is 0. The zero-order chi connectivity index (χ0) is 17.6. The van der Waals surface area contributed by atoms with Gasteiger partial charge in [0.1, 0.15) is 0 Å². The lowest BCUT2D eigenvalue weighted by Gasteiger charge is -2.11. The third-order valence-electron chi connectivity index (χ3n) is 4.48. The largest absolute Gasteiger partial charge is 0.398 e. The smallest absolute Gasteiger partial charge is 0.0388 e. The first-order chi connectivity index (χ1) is 12.2.